The van der Waals surface area contributed by atoms with E-state index >= 15 is 0 Å². The lowest BCUT2D eigenvalue weighted by Crippen LogP contribution is -2.31. The smallest absolute Gasteiger partial charge is 0.325 e. The van der Waals surface area contributed by atoms with Crippen molar-refractivity contribution < 1.29 is 23.1 Å². The Morgan fingerprint density at radius 2 is 1.69 bits per heavy atom. The monoisotopic (exact) mass is 528 g/mol. The van der Waals surface area contributed by atoms with E-state index in [2.05, 4.69) is 20.4 Å². The third-order valence-electron chi connectivity index (χ3n) is 5.91. The van der Waals surface area contributed by atoms with Crippen molar-refractivity contribution in [1.29, 1.82) is 0 Å². The van der Waals surface area contributed by atoms with Gasteiger partial charge in [0.2, 0.25) is 0 Å². The molecule has 5 aromatic rings. The summed E-state index contributed by atoms with van der Waals surface area (Å²) in [5.41, 5.74) is 7.48. The van der Waals surface area contributed by atoms with Gasteiger partial charge in [0.1, 0.15) is 41.8 Å². The number of benzene rings is 3. The van der Waals surface area contributed by atoms with E-state index in [1.807, 2.05) is 30.3 Å². The highest BCUT2D eigenvalue weighted by Gasteiger charge is 2.21. The molecule has 0 atom stereocenters. The van der Waals surface area contributed by atoms with Crippen LogP contribution in [0, 0.1) is 11.6 Å². The van der Waals surface area contributed by atoms with Crippen molar-refractivity contribution in [3.05, 3.63) is 107 Å². The lowest BCUT2D eigenvalue weighted by atomic mass is 10.1. The summed E-state index contributed by atoms with van der Waals surface area (Å²) in [6, 6.07) is 19.7. The molecule has 9 nitrogen and oxygen atoms in total. The van der Waals surface area contributed by atoms with E-state index in [4.69, 9.17) is 10.5 Å². The second-order valence-electron chi connectivity index (χ2n) is 8.56. The number of amides is 1. The molecule has 2 heterocycles. The molecule has 0 radical (unpaired) electrons. The van der Waals surface area contributed by atoms with Crippen LogP contribution in [0.2, 0.25) is 0 Å². The zero-order chi connectivity index (χ0) is 27.4. The standard InChI is InChI=1S/C28H22F2N6O3/c29-21-11-5-4-9-18(21)15-36-25-19(10-6-12-22(25)30)24(35-36)27-32-13-20(26(31)34-27)28(38)33-14-23(37)39-16-17-7-2-1-3-8-17/h1-13H,14-16H2,(H,33,38)(H2,31,32,34). The van der Waals surface area contributed by atoms with Gasteiger partial charge >= 0.3 is 5.97 Å². The average Bonchev–Trinajstić information content (AvgIpc) is 3.32. The van der Waals surface area contributed by atoms with Crippen molar-refractivity contribution in [2.24, 2.45) is 0 Å². The van der Waals surface area contributed by atoms with Crippen LogP contribution in [-0.2, 0) is 22.7 Å². The first-order valence-electron chi connectivity index (χ1n) is 11.9. The number of carbonyl (C=O) groups is 2. The van der Waals surface area contributed by atoms with Gasteiger partial charge < -0.3 is 15.8 Å². The van der Waals surface area contributed by atoms with Gasteiger partial charge in [0, 0.05) is 17.1 Å². The number of nitrogens with zero attached hydrogens (tertiary/aromatic N) is 4. The molecular weight excluding hydrogens is 506 g/mol. The molecule has 0 fully saturated rings. The number of nitrogens with two attached hydrogens (primary N) is 1. The van der Waals surface area contributed by atoms with Crippen molar-refractivity contribution in [3.63, 3.8) is 0 Å². The highest BCUT2D eigenvalue weighted by Crippen LogP contribution is 2.29. The predicted molar refractivity (Wildman–Crippen MR) is 139 cm³/mol. The fraction of sp³-hybridized carbons (Fsp3) is 0.107. The lowest BCUT2D eigenvalue weighted by Gasteiger charge is -2.08. The van der Waals surface area contributed by atoms with E-state index in [0.29, 0.717) is 10.9 Å². The largest absolute Gasteiger partial charge is 0.460 e. The van der Waals surface area contributed by atoms with Crippen LogP contribution in [-0.4, -0.2) is 38.2 Å². The minimum atomic E-state index is -0.670. The van der Waals surface area contributed by atoms with Crippen molar-refractivity contribution in [2.75, 3.05) is 12.3 Å². The van der Waals surface area contributed by atoms with Crippen LogP contribution >= 0.6 is 0 Å². The van der Waals surface area contributed by atoms with E-state index in [1.54, 1.807) is 24.3 Å². The summed E-state index contributed by atoms with van der Waals surface area (Å²) < 4.78 is 35.6. The molecule has 0 aliphatic rings. The molecule has 0 bridgehead atoms. The number of carbonyl (C=O) groups excluding carboxylic acids is 2. The van der Waals surface area contributed by atoms with Crippen molar-refractivity contribution in [2.45, 2.75) is 13.2 Å². The van der Waals surface area contributed by atoms with Crippen molar-refractivity contribution in [3.8, 4) is 11.5 Å². The van der Waals surface area contributed by atoms with Crippen LogP contribution in [0.5, 0.6) is 0 Å². The Morgan fingerprint density at radius 3 is 2.46 bits per heavy atom. The first-order chi connectivity index (χ1) is 18.9. The molecule has 0 aliphatic carbocycles. The third-order valence-corrected chi connectivity index (χ3v) is 5.91. The van der Waals surface area contributed by atoms with E-state index < -0.39 is 23.5 Å². The number of halogens is 2. The van der Waals surface area contributed by atoms with Gasteiger partial charge in [-0.25, -0.2) is 18.7 Å². The van der Waals surface area contributed by atoms with Gasteiger partial charge in [0.05, 0.1) is 12.1 Å². The minimum Gasteiger partial charge on any atom is -0.460 e. The van der Waals surface area contributed by atoms with Crippen LogP contribution in [0.1, 0.15) is 21.5 Å². The zero-order valence-electron chi connectivity index (χ0n) is 20.5. The number of anilines is 1. The first kappa shape index (κ1) is 25.5. The molecule has 0 aliphatic heterocycles. The maximum Gasteiger partial charge on any atom is 0.325 e. The summed E-state index contributed by atoms with van der Waals surface area (Å²) in [6.45, 7) is -0.328. The number of hydrogen-bond donors (Lipinski definition) is 2. The maximum absolute atomic E-state index is 14.8. The maximum atomic E-state index is 14.8. The molecule has 0 spiro atoms. The van der Waals surface area contributed by atoms with E-state index in [-0.39, 0.29) is 48.1 Å². The Bertz CT molecular complexity index is 1670. The van der Waals surface area contributed by atoms with Gasteiger partial charge in [-0.15, -0.1) is 0 Å². The zero-order valence-corrected chi connectivity index (χ0v) is 20.5. The molecule has 39 heavy (non-hydrogen) atoms. The quantitative estimate of drug-likeness (QED) is 0.293. The fourth-order valence-electron chi connectivity index (χ4n) is 3.98. The summed E-state index contributed by atoms with van der Waals surface area (Å²) >= 11 is 0. The number of nitrogens with one attached hydrogen (secondary N) is 1. The van der Waals surface area contributed by atoms with Crippen LogP contribution in [0.3, 0.4) is 0 Å². The molecule has 196 valence electrons. The van der Waals surface area contributed by atoms with Gasteiger partial charge in [-0.2, -0.15) is 5.10 Å². The second kappa shape index (κ2) is 11.1. The number of para-hydroxylation sites is 1. The SMILES string of the molecule is Nc1nc(-c2nn(Cc3ccccc3F)c3c(F)cccc23)ncc1C(=O)NCC(=O)OCc1ccccc1. The number of rotatable bonds is 8. The minimum absolute atomic E-state index is 0.0273. The average molecular weight is 529 g/mol. The van der Waals surface area contributed by atoms with Crippen LogP contribution in [0.15, 0.2) is 79.0 Å². The number of fused-ring (bicyclic) bond motifs is 1. The van der Waals surface area contributed by atoms with Crippen molar-refractivity contribution >= 4 is 28.6 Å². The number of ether oxygens (including phenoxy) is 1. The summed E-state index contributed by atoms with van der Waals surface area (Å²) in [4.78, 5) is 33.0. The highest BCUT2D eigenvalue weighted by molar-refractivity contribution is 6.00. The number of aromatic nitrogens is 4. The summed E-state index contributed by atoms with van der Waals surface area (Å²) in [5.74, 6) is -2.41. The molecule has 0 saturated carbocycles. The first-order valence-corrected chi connectivity index (χ1v) is 11.9. The number of hydrogen-bond acceptors (Lipinski definition) is 7. The number of nitrogen functional groups attached to an aromatic ring is 1. The van der Waals surface area contributed by atoms with Crippen molar-refractivity contribution in [1.82, 2.24) is 25.1 Å². The number of esters is 1. The van der Waals surface area contributed by atoms with Gasteiger partial charge in [-0.3, -0.25) is 14.3 Å². The van der Waals surface area contributed by atoms with E-state index in [9.17, 15) is 18.4 Å². The summed E-state index contributed by atoms with van der Waals surface area (Å²) in [7, 11) is 0. The molecule has 0 saturated heterocycles. The molecular formula is C28H22F2N6O3. The molecule has 3 aromatic carbocycles. The molecule has 0 unspecified atom stereocenters. The molecule has 3 N–H and O–H groups in total. The Hall–Kier alpha value is -5.19. The van der Waals surface area contributed by atoms with E-state index in [0.717, 1.165) is 5.56 Å². The molecule has 2 aromatic heterocycles. The van der Waals surface area contributed by atoms with Crippen LogP contribution in [0.25, 0.3) is 22.4 Å². The predicted octanol–water partition coefficient (Wildman–Crippen LogP) is 3.88. The molecule has 1 amide bonds. The molecule has 11 heteroatoms. The Labute approximate surface area is 221 Å². The highest BCUT2D eigenvalue weighted by atomic mass is 19.1. The third kappa shape index (κ3) is 5.57. The topological polar surface area (TPSA) is 125 Å². The lowest BCUT2D eigenvalue weighted by molar-refractivity contribution is -0.143. The Morgan fingerprint density at radius 1 is 0.949 bits per heavy atom. The summed E-state index contributed by atoms with van der Waals surface area (Å²) in [5, 5.41) is 7.27. The normalized spacial score (nSPS) is 10.9. The fourth-order valence-corrected chi connectivity index (χ4v) is 3.98. The van der Waals surface area contributed by atoms with Crippen LogP contribution < -0.4 is 11.1 Å². The van der Waals surface area contributed by atoms with Crippen LogP contribution in [0.4, 0.5) is 14.6 Å². The Kier molecular flexibility index (Phi) is 7.21. The van der Waals surface area contributed by atoms with Gasteiger partial charge in [-0.05, 0) is 17.7 Å². The van der Waals surface area contributed by atoms with E-state index in [1.165, 1.54) is 29.1 Å². The molecule has 5 rings (SSSR count). The van der Waals surface area contributed by atoms with Gasteiger partial charge in [0.25, 0.3) is 5.91 Å². The van der Waals surface area contributed by atoms with Gasteiger partial charge in [-0.1, -0.05) is 60.7 Å². The van der Waals surface area contributed by atoms with Gasteiger partial charge in [0.15, 0.2) is 5.82 Å². The Balaban J connectivity index is 1.34. The second-order valence-corrected chi connectivity index (χ2v) is 8.56. The summed E-state index contributed by atoms with van der Waals surface area (Å²) in [6.07, 6.45) is 1.20.